The first-order valence-electron chi connectivity index (χ1n) is 28.1. The average molecular weight is 1180 g/mol. The summed E-state index contributed by atoms with van der Waals surface area (Å²) >= 11 is 0. The molecule has 3 aromatic carbocycles. The van der Waals surface area contributed by atoms with Crippen molar-refractivity contribution in [1.29, 1.82) is 0 Å². The van der Waals surface area contributed by atoms with Gasteiger partial charge in [0, 0.05) is 81.6 Å². The standard InChI is InChI=1S/C60H73N9O16/c1-34(2)53(65-50(71)17-22-82-23-18-61-49(70)16-19-66-51(72)14-15-52(66)73)55(75)63-36(4)54(74)64-38-12-10-37(11-13-38)32-85-59(79)69-43-28-48(46(81-8)26-41(43)57(77)67-31-35(3)24-44(67)58(69)78)84-21-9-20-83-47-27-42-40(25-45(47)80-7)56(76)68-33-60(5,6)29-39(68)30-62-42/h10-15,25-28,30,34,36,39,44,53,58,78H,3,9,16-24,29,31-33H2,1-2,4-8H3,(H,61,70)(H,63,75)(H,64,74)(H,65,71)/t36-,39-,44-,53-,58-/m0/s1. The number of aliphatic hydroxyl groups excluding tert-OH is 1. The van der Waals surface area contributed by atoms with Gasteiger partial charge in [0.2, 0.25) is 23.6 Å². The number of fused-ring (bicyclic) bond motifs is 4. The molecule has 0 radical (unpaired) electrons. The quantitative estimate of drug-likeness (QED) is 0.0452. The van der Waals surface area contributed by atoms with Crippen LogP contribution < -0.4 is 45.1 Å². The molecule has 454 valence electrons. The first kappa shape index (κ1) is 62.2. The molecular weight excluding hydrogens is 1100 g/mol. The van der Waals surface area contributed by atoms with Gasteiger partial charge in [-0.1, -0.05) is 52.0 Å². The molecule has 9 amide bonds. The fourth-order valence-corrected chi connectivity index (χ4v) is 10.5. The average Bonchev–Trinajstić information content (AvgIpc) is 2.98. The summed E-state index contributed by atoms with van der Waals surface area (Å²) in [5.74, 6) is -2.74. The zero-order chi connectivity index (χ0) is 61.3. The van der Waals surface area contributed by atoms with Crippen molar-refractivity contribution in [1.82, 2.24) is 30.7 Å². The molecule has 5 N–H and O–H groups in total. The molecule has 25 nitrogen and oxygen atoms in total. The van der Waals surface area contributed by atoms with E-state index >= 15 is 0 Å². The van der Waals surface area contributed by atoms with Gasteiger partial charge in [0.25, 0.3) is 23.6 Å². The Balaban J connectivity index is 0.819. The monoisotopic (exact) mass is 1180 g/mol. The maximum Gasteiger partial charge on any atom is 0.416 e. The zero-order valence-corrected chi connectivity index (χ0v) is 48.7. The van der Waals surface area contributed by atoms with Crippen LogP contribution in [0.25, 0.3) is 0 Å². The number of carbonyl (C=O) groups is 9. The number of hydrogen-bond acceptors (Lipinski definition) is 17. The van der Waals surface area contributed by atoms with Gasteiger partial charge in [0.15, 0.2) is 29.2 Å². The SMILES string of the molecule is C=C1C[C@H]2[C@H](O)N(C(=O)OCc3ccc(NC(=O)[C@H](C)NC(=O)[C@@H](NC(=O)CCOCCNC(=O)CCN4C(=O)C=CC4=O)C(C)C)cc3)c3cc(OCCCOc4cc5c(cc4OC)C(=O)N4CC(C)(C)C[C@H]4C=N5)c(OC)cc3C(=O)N2C1. The van der Waals surface area contributed by atoms with Gasteiger partial charge in [0.05, 0.1) is 75.2 Å². The number of anilines is 2. The van der Waals surface area contributed by atoms with Gasteiger partial charge in [0.1, 0.15) is 18.7 Å². The van der Waals surface area contributed by atoms with E-state index in [4.69, 9.17) is 28.4 Å². The van der Waals surface area contributed by atoms with Crippen molar-refractivity contribution in [2.75, 3.05) is 77.0 Å². The zero-order valence-electron chi connectivity index (χ0n) is 48.7. The second kappa shape index (κ2) is 27.3. The topological polar surface area (TPSA) is 303 Å². The fourth-order valence-electron chi connectivity index (χ4n) is 10.5. The van der Waals surface area contributed by atoms with Gasteiger partial charge in [-0.15, -0.1) is 0 Å². The number of carbonyl (C=O) groups excluding carboxylic acids is 9. The van der Waals surface area contributed by atoms with Gasteiger partial charge >= 0.3 is 6.09 Å². The summed E-state index contributed by atoms with van der Waals surface area (Å²) in [6.07, 6.45) is 2.79. The lowest BCUT2D eigenvalue weighted by Crippen LogP contribution is -2.53. The van der Waals surface area contributed by atoms with Crippen LogP contribution in [0.1, 0.15) is 93.0 Å². The highest BCUT2D eigenvalue weighted by Gasteiger charge is 2.47. The molecule has 0 saturated carbocycles. The number of hydrogen-bond donors (Lipinski definition) is 5. The van der Waals surface area contributed by atoms with Crippen molar-refractivity contribution in [3.05, 3.63) is 89.5 Å². The number of amides is 9. The fraction of sp³-hybridized carbons (Fsp3) is 0.467. The molecule has 5 aliphatic heterocycles. The van der Waals surface area contributed by atoms with E-state index in [2.05, 4.69) is 46.7 Å². The molecule has 0 aromatic heterocycles. The van der Waals surface area contributed by atoms with Gasteiger partial charge < -0.3 is 64.6 Å². The van der Waals surface area contributed by atoms with Crippen LogP contribution in [0.5, 0.6) is 23.0 Å². The second-order valence-corrected chi connectivity index (χ2v) is 22.4. The third-order valence-corrected chi connectivity index (χ3v) is 15.0. The summed E-state index contributed by atoms with van der Waals surface area (Å²) in [6.45, 7) is 14.2. The summed E-state index contributed by atoms with van der Waals surface area (Å²) in [5, 5.41) is 22.6. The van der Waals surface area contributed by atoms with Crippen LogP contribution in [-0.2, 0) is 44.8 Å². The summed E-state index contributed by atoms with van der Waals surface area (Å²) < 4.78 is 34.9. The number of aliphatic hydroxyl groups is 1. The van der Waals surface area contributed by atoms with E-state index in [9.17, 15) is 48.3 Å². The maximum atomic E-state index is 14.2. The lowest BCUT2D eigenvalue weighted by atomic mass is 9.91. The molecule has 5 atom stereocenters. The number of ether oxygens (including phenoxy) is 6. The number of imide groups is 1. The third kappa shape index (κ3) is 14.9. The van der Waals surface area contributed by atoms with Crippen molar-refractivity contribution < 1.29 is 76.7 Å². The highest BCUT2D eigenvalue weighted by molar-refractivity contribution is 6.13. The minimum Gasteiger partial charge on any atom is -0.493 e. The van der Waals surface area contributed by atoms with Gasteiger partial charge in [-0.3, -0.25) is 48.2 Å². The molecule has 3 aromatic rings. The highest BCUT2D eigenvalue weighted by Crippen LogP contribution is 2.44. The van der Waals surface area contributed by atoms with Crippen LogP contribution in [0, 0.1) is 11.3 Å². The molecule has 25 heteroatoms. The molecule has 0 spiro atoms. The number of nitrogens with one attached hydrogen (secondary N) is 4. The predicted molar refractivity (Wildman–Crippen MR) is 309 cm³/mol. The highest BCUT2D eigenvalue weighted by atomic mass is 16.6. The Bertz CT molecular complexity index is 3140. The lowest BCUT2D eigenvalue weighted by molar-refractivity contribution is -0.137. The maximum absolute atomic E-state index is 14.2. The molecule has 2 saturated heterocycles. The summed E-state index contributed by atoms with van der Waals surface area (Å²) in [5.41, 5.74) is 2.52. The first-order chi connectivity index (χ1) is 40.6. The molecule has 0 unspecified atom stereocenters. The van der Waals surface area contributed by atoms with Crippen LogP contribution in [0.15, 0.2) is 77.8 Å². The number of methoxy groups -OCH3 is 2. The Hall–Kier alpha value is -8.84. The molecule has 85 heavy (non-hydrogen) atoms. The molecule has 0 aliphatic carbocycles. The third-order valence-electron chi connectivity index (χ3n) is 15.0. The molecule has 2 fully saturated rings. The van der Waals surface area contributed by atoms with E-state index in [0.717, 1.165) is 28.4 Å². The van der Waals surface area contributed by atoms with Gasteiger partial charge in [-0.05, 0) is 60.9 Å². The Labute approximate surface area is 492 Å². The van der Waals surface area contributed by atoms with E-state index in [1.165, 1.54) is 38.2 Å². The van der Waals surface area contributed by atoms with Gasteiger partial charge in [-0.2, -0.15) is 0 Å². The second-order valence-electron chi connectivity index (χ2n) is 22.4. The van der Waals surface area contributed by atoms with Crippen LogP contribution in [0.3, 0.4) is 0 Å². The van der Waals surface area contributed by atoms with Crippen molar-refractivity contribution >= 4 is 76.6 Å². The van der Waals surface area contributed by atoms with E-state index in [-0.39, 0.29) is 124 Å². The first-order valence-corrected chi connectivity index (χ1v) is 28.1. The minimum absolute atomic E-state index is 0.00514. The van der Waals surface area contributed by atoms with Crippen molar-refractivity contribution in [3.63, 3.8) is 0 Å². The van der Waals surface area contributed by atoms with E-state index < -0.39 is 65.9 Å². The summed E-state index contributed by atoms with van der Waals surface area (Å²) in [7, 11) is 2.91. The van der Waals surface area contributed by atoms with Crippen LogP contribution in [0.4, 0.5) is 21.9 Å². The Morgan fingerprint density at radius 1 is 0.788 bits per heavy atom. The van der Waals surface area contributed by atoms with Gasteiger partial charge in [-0.25, -0.2) is 9.69 Å². The molecule has 5 aliphatic rings. The lowest BCUT2D eigenvalue weighted by Gasteiger charge is -2.31. The minimum atomic E-state index is -1.56. The number of nitrogens with zero attached hydrogens (tertiary/aromatic N) is 5. The Kier molecular flexibility index (Phi) is 19.9. The Morgan fingerprint density at radius 3 is 2.12 bits per heavy atom. The van der Waals surface area contributed by atoms with Crippen molar-refractivity contribution in [3.8, 4) is 23.0 Å². The Morgan fingerprint density at radius 2 is 1.45 bits per heavy atom. The van der Waals surface area contributed by atoms with E-state index in [0.29, 0.717) is 52.5 Å². The predicted octanol–water partition coefficient (Wildman–Crippen LogP) is 4.18. The molecule has 0 bridgehead atoms. The summed E-state index contributed by atoms with van der Waals surface area (Å²) in [6, 6.07) is 9.66. The molecule has 5 heterocycles. The van der Waals surface area contributed by atoms with Crippen molar-refractivity contribution in [2.45, 2.75) is 104 Å². The number of benzene rings is 3. The largest absolute Gasteiger partial charge is 0.493 e. The van der Waals surface area contributed by atoms with E-state index in [1.54, 1.807) is 50.2 Å². The number of aliphatic imine (C=N–C) groups is 1. The van der Waals surface area contributed by atoms with Crippen LogP contribution in [-0.4, -0.2) is 177 Å². The molecular formula is C60H73N9O16. The molecule has 8 rings (SSSR count). The smallest absolute Gasteiger partial charge is 0.416 e. The van der Waals surface area contributed by atoms with E-state index in [1.807, 2.05) is 11.1 Å². The van der Waals surface area contributed by atoms with Crippen LogP contribution >= 0.6 is 0 Å². The number of rotatable bonds is 25. The normalized spacial score (nSPS) is 19.1. The summed E-state index contributed by atoms with van der Waals surface area (Å²) in [4.78, 5) is 127. The van der Waals surface area contributed by atoms with Crippen molar-refractivity contribution in [2.24, 2.45) is 16.3 Å². The van der Waals surface area contributed by atoms with Crippen LogP contribution in [0.2, 0.25) is 0 Å².